The molecule has 0 atom stereocenters. The number of nitrogens with one attached hydrogen (secondary N) is 1. The third kappa shape index (κ3) is 3.96. The highest BCUT2D eigenvalue weighted by Gasteiger charge is 2.20. The maximum Gasteiger partial charge on any atom is 0.332 e. The number of hydrogen-bond acceptors (Lipinski definition) is 7. The lowest BCUT2D eigenvalue weighted by molar-refractivity contribution is 0.373. The van der Waals surface area contributed by atoms with Gasteiger partial charge in [0.15, 0.2) is 22.7 Å². The molecule has 2 aromatic carbocycles. The number of hydrogen-bond donors (Lipinski definition) is 2. The number of aromatic nitrogens is 4. The van der Waals surface area contributed by atoms with Crippen molar-refractivity contribution in [2.24, 2.45) is 19.2 Å². The molecule has 0 unspecified atom stereocenters. The molecular formula is C22H21ClN6O4. The molecule has 0 spiro atoms. The Hall–Kier alpha value is -4.05. The van der Waals surface area contributed by atoms with E-state index in [2.05, 4.69) is 15.5 Å². The number of methoxy groups -OCH3 is 1. The second kappa shape index (κ2) is 8.83. The SMILES string of the molecule is COc1cccc(C=NNc2nc3c(c(=O)n(C)c(=O)n3C)n2Cc2ccccc2Cl)c1O. The molecule has 0 aliphatic rings. The van der Waals surface area contributed by atoms with Crippen LogP contribution < -0.4 is 21.4 Å². The van der Waals surface area contributed by atoms with E-state index in [1.165, 1.54) is 32.0 Å². The van der Waals surface area contributed by atoms with Crippen molar-refractivity contribution in [2.75, 3.05) is 12.5 Å². The standard InChI is InChI=1S/C22H21ClN6O4/c1-27-19-17(20(31)28(2)22(27)32)29(12-14-7-4-5-9-15(14)23)21(25-19)26-24-11-13-8-6-10-16(33-3)18(13)30/h4-11,30H,12H2,1-3H3,(H,25,26). The van der Waals surface area contributed by atoms with Crippen molar-refractivity contribution >= 4 is 34.9 Å². The summed E-state index contributed by atoms with van der Waals surface area (Å²) in [6.45, 7) is 0.214. The quantitative estimate of drug-likeness (QED) is 0.331. The molecule has 4 rings (SSSR count). The van der Waals surface area contributed by atoms with Crippen molar-refractivity contribution in [3.8, 4) is 11.5 Å². The molecule has 4 aromatic rings. The van der Waals surface area contributed by atoms with Crippen LogP contribution in [0.15, 0.2) is 57.2 Å². The number of hydrazone groups is 1. The zero-order valence-corrected chi connectivity index (χ0v) is 18.9. The number of aryl methyl sites for hydroxylation is 1. The van der Waals surface area contributed by atoms with Gasteiger partial charge in [-0.2, -0.15) is 10.1 Å². The lowest BCUT2D eigenvalue weighted by Crippen LogP contribution is -2.37. The minimum atomic E-state index is -0.494. The number of ether oxygens (including phenoxy) is 1. The molecule has 0 fully saturated rings. The number of imidazole rings is 1. The van der Waals surface area contributed by atoms with Gasteiger partial charge in [-0.05, 0) is 23.8 Å². The van der Waals surface area contributed by atoms with Gasteiger partial charge in [0, 0.05) is 24.7 Å². The summed E-state index contributed by atoms with van der Waals surface area (Å²) in [6.07, 6.45) is 1.40. The van der Waals surface area contributed by atoms with Gasteiger partial charge in [0.05, 0.1) is 19.9 Å². The van der Waals surface area contributed by atoms with E-state index < -0.39 is 11.2 Å². The van der Waals surface area contributed by atoms with Crippen LogP contribution in [0.2, 0.25) is 5.02 Å². The van der Waals surface area contributed by atoms with Crippen LogP contribution in [0, 0.1) is 0 Å². The Kier molecular flexibility index (Phi) is 5.93. The van der Waals surface area contributed by atoms with E-state index >= 15 is 0 Å². The van der Waals surface area contributed by atoms with Crippen LogP contribution in [0.5, 0.6) is 11.5 Å². The third-order valence-corrected chi connectivity index (χ3v) is 5.62. The van der Waals surface area contributed by atoms with E-state index in [9.17, 15) is 14.7 Å². The Labute approximate surface area is 192 Å². The highest BCUT2D eigenvalue weighted by Crippen LogP contribution is 2.28. The van der Waals surface area contributed by atoms with Crippen LogP contribution in [-0.4, -0.2) is 37.1 Å². The zero-order chi connectivity index (χ0) is 23.7. The zero-order valence-electron chi connectivity index (χ0n) is 18.1. The smallest absolute Gasteiger partial charge is 0.332 e. The molecule has 0 saturated heterocycles. The number of rotatable bonds is 6. The second-order valence-electron chi connectivity index (χ2n) is 7.26. The maximum absolute atomic E-state index is 13.0. The molecule has 11 heteroatoms. The van der Waals surface area contributed by atoms with Crippen molar-refractivity contribution < 1.29 is 9.84 Å². The predicted molar refractivity (Wildman–Crippen MR) is 127 cm³/mol. The number of nitrogens with zero attached hydrogens (tertiary/aromatic N) is 5. The molecular weight excluding hydrogens is 448 g/mol. The van der Waals surface area contributed by atoms with Crippen LogP contribution >= 0.6 is 11.6 Å². The number of halogens is 1. The number of aromatic hydroxyl groups is 1. The van der Waals surface area contributed by atoms with Crippen molar-refractivity contribution in [2.45, 2.75) is 6.54 Å². The van der Waals surface area contributed by atoms with Gasteiger partial charge in [0.25, 0.3) is 5.56 Å². The van der Waals surface area contributed by atoms with Crippen LogP contribution in [0.1, 0.15) is 11.1 Å². The lowest BCUT2D eigenvalue weighted by Gasteiger charge is -2.10. The van der Waals surface area contributed by atoms with Crippen LogP contribution in [-0.2, 0) is 20.6 Å². The fourth-order valence-corrected chi connectivity index (χ4v) is 3.65. The molecule has 0 aliphatic carbocycles. The molecule has 2 aromatic heterocycles. The van der Waals surface area contributed by atoms with E-state index in [-0.39, 0.29) is 29.4 Å². The molecule has 0 saturated carbocycles. The first-order valence-electron chi connectivity index (χ1n) is 9.88. The first-order valence-corrected chi connectivity index (χ1v) is 10.3. The summed E-state index contributed by atoms with van der Waals surface area (Å²) in [6, 6.07) is 12.2. The molecule has 10 nitrogen and oxygen atoms in total. The number of phenols is 1. The van der Waals surface area contributed by atoms with Gasteiger partial charge in [-0.3, -0.25) is 18.5 Å². The van der Waals surface area contributed by atoms with Crippen molar-refractivity contribution in [1.82, 2.24) is 18.7 Å². The number of anilines is 1. The molecule has 0 amide bonds. The Morgan fingerprint density at radius 2 is 1.91 bits per heavy atom. The highest BCUT2D eigenvalue weighted by atomic mass is 35.5. The van der Waals surface area contributed by atoms with Crippen LogP contribution in [0.3, 0.4) is 0 Å². The summed E-state index contributed by atoms with van der Waals surface area (Å²) in [7, 11) is 4.40. The number of para-hydroxylation sites is 1. The van der Waals surface area contributed by atoms with Crippen molar-refractivity contribution in [3.05, 3.63) is 79.5 Å². The fraction of sp³-hybridized carbons (Fsp3) is 0.182. The molecule has 0 bridgehead atoms. The summed E-state index contributed by atoms with van der Waals surface area (Å²) in [5.41, 5.74) is 3.43. The molecule has 2 heterocycles. The summed E-state index contributed by atoms with van der Waals surface area (Å²) in [5.74, 6) is 0.469. The van der Waals surface area contributed by atoms with Gasteiger partial charge in [0.1, 0.15) is 0 Å². The van der Waals surface area contributed by atoms with E-state index in [1.54, 1.807) is 28.8 Å². The third-order valence-electron chi connectivity index (χ3n) is 5.25. The summed E-state index contributed by atoms with van der Waals surface area (Å²) < 4.78 is 9.03. The van der Waals surface area contributed by atoms with Crippen LogP contribution in [0.25, 0.3) is 11.2 Å². The van der Waals surface area contributed by atoms with Gasteiger partial charge in [-0.15, -0.1) is 0 Å². The highest BCUT2D eigenvalue weighted by molar-refractivity contribution is 6.31. The first-order chi connectivity index (χ1) is 15.8. The van der Waals surface area contributed by atoms with E-state index in [0.29, 0.717) is 16.3 Å². The van der Waals surface area contributed by atoms with Gasteiger partial charge in [0.2, 0.25) is 5.95 Å². The number of fused-ring (bicyclic) bond motifs is 1. The predicted octanol–water partition coefficient (Wildman–Crippen LogP) is 2.30. The Morgan fingerprint density at radius 1 is 1.15 bits per heavy atom. The minimum absolute atomic E-state index is 0.0635. The molecule has 33 heavy (non-hydrogen) atoms. The monoisotopic (exact) mass is 468 g/mol. The topological polar surface area (TPSA) is 116 Å². The van der Waals surface area contributed by atoms with Crippen molar-refractivity contribution in [3.63, 3.8) is 0 Å². The lowest BCUT2D eigenvalue weighted by atomic mass is 10.2. The van der Waals surface area contributed by atoms with Gasteiger partial charge in [-0.1, -0.05) is 35.9 Å². The number of phenolic OH excluding ortho intramolecular Hbond substituents is 1. The second-order valence-corrected chi connectivity index (χ2v) is 7.67. The van der Waals surface area contributed by atoms with E-state index in [1.807, 2.05) is 18.2 Å². The summed E-state index contributed by atoms with van der Waals surface area (Å²) >= 11 is 6.34. The Balaban J connectivity index is 1.83. The molecule has 170 valence electrons. The fourth-order valence-electron chi connectivity index (χ4n) is 3.45. The van der Waals surface area contributed by atoms with E-state index in [0.717, 1.165) is 10.1 Å². The molecule has 2 N–H and O–H groups in total. The summed E-state index contributed by atoms with van der Waals surface area (Å²) in [4.78, 5) is 29.8. The van der Waals surface area contributed by atoms with Crippen molar-refractivity contribution in [1.29, 1.82) is 0 Å². The number of benzene rings is 2. The first kappa shape index (κ1) is 22.2. The summed E-state index contributed by atoms with van der Waals surface area (Å²) in [5, 5.41) is 14.9. The van der Waals surface area contributed by atoms with Crippen LogP contribution in [0.4, 0.5) is 5.95 Å². The average Bonchev–Trinajstić information content (AvgIpc) is 3.17. The molecule has 0 aliphatic heterocycles. The normalized spacial score (nSPS) is 11.4. The van der Waals surface area contributed by atoms with Gasteiger partial charge in [-0.25, -0.2) is 10.2 Å². The van der Waals surface area contributed by atoms with E-state index in [4.69, 9.17) is 16.3 Å². The van der Waals surface area contributed by atoms with Gasteiger partial charge >= 0.3 is 5.69 Å². The van der Waals surface area contributed by atoms with Gasteiger partial charge < -0.3 is 9.84 Å². The average molecular weight is 469 g/mol. The largest absolute Gasteiger partial charge is 0.504 e. The maximum atomic E-state index is 13.0. The molecule has 0 radical (unpaired) electrons. The minimum Gasteiger partial charge on any atom is -0.504 e. The Morgan fingerprint density at radius 3 is 2.64 bits per heavy atom. The Bertz CT molecular complexity index is 1500.